The monoisotopic (exact) mass is 220 g/mol. The maximum Gasteiger partial charge on any atom is 0.0926 e. The highest BCUT2D eigenvalue weighted by Gasteiger charge is 2.62. The van der Waals surface area contributed by atoms with Crippen molar-refractivity contribution in [2.24, 2.45) is 17.3 Å². The molecule has 3 atom stereocenters. The van der Waals surface area contributed by atoms with Crippen molar-refractivity contribution in [1.29, 1.82) is 0 Å². The van der Waals surface area contributed by atoms with Crippen molar-refractivity contribution < 1.29 is 5.11 Å². The van der Waals surface area contributed by atoms with Crippen LogP contribution in [-0.2, 0) is 0 Å². The van der Waals surface area contributed by atoms with Crippen LogP contribution in [0.4, 0.5) is 0 Å². The summed E-state index contributed by atoms with van der Waals surface area (Å²) in [5.74, 6) is 1.19. The fraction of sp³-hybridized carbons (Fsp3) is 0.733. The molecule has 0 radical (unpaired) electrons. The van der Waals surface area contributed by atoms with E-state index < -0.39 is 5.60 Å². The minimum absolute atomic E-state index is 0.302. The maximum atomic E-state index is 11.0. The first kappa shape index (κ1) is 11.9. The molecule has 3 aliphatic rings. The van der Waals surface area contributed by atoms with Gasteiger partial charge in [0.05, 0.1) is 5.60 Å². The first-order valence-corrected chi connectivity index (χ1v) is 6.34. The van der Waals surface area contributed by atoms with Crippen LogP contribution in [0.3, 0.4) is 0 Å². The van der Waals surface area contributed by atoms with Gasteiger partial charge in [0, 0.05) is 6.42 Å². The lowest BCUT2D eigenvalue weighted by Gasteiger charge is -2.64. The summed E-state index contributed by atoms with van der Waals surface area (Å²) in [6, 6.07) is 0. The fourth-order valence-corrected chi connectivity index (χ4v) is 3.90. The molecule has 1 nitrogen and oxygen atoms in total. The van der Waals surface area contributed by atoms with Crippen molar-refractivity contribution in [3.8, 4) is 0 Å². The topological polar surface area (TPSA) is 20.2 Å². The highest BCUT2D eigenvalue weighted by atomic mass is 16.3. The first-order chi connectivity index (χ1) is 7.32. The number of aliphatic hydroxyl groups is 1. The summed E-state index contributed by atoms with van der Waals surface area (Å²) in [5, 5.41) is 11.0. The average Bonchev–Trinajstić information content (AvgIpc) is 2.15. The van der Waals surface area contributed by atoms with Gasteiger partial charge < -0.3 is 5.11 Å². The molecule has 3 fully saturated rings. The van der Waals surface area contributed by atoms with Crippen LogP contribution in [-0.4, -0.2) is 10.7 Å². The number of hydrogen-bond donors (Lipinski definition) is 1. The van der Waals surface area contributed by atoms with Crippen LogP contribution in [0.15, 0.2) is 23.8 Å². The zero-order chi connectivity index (χ0) is 12.1. The zero-order valence-electron chi connectivity index (χ0n) is 11.0. The molecule has 0 amide bonds. The molecule has 1 N–H and O–H groups in total. The molecule has 3 saturated carbocycles. The third kappa shape index (κ3) is 1.41. The van der Waals surface area contributed by atoms with Gasteiger partial charge in [0.15, 0.2) is 0 Å². The van der Waals surface area contributed by atoms with Crippen molar-refractivity contribution in [1.82, 2.24) is 0 Å². The van der Waals surface area contributed by atoms with Crippen molar-refractivity contribution in [3.05, 3.63) is 23.8 Å². The molecule has 16 heavy (non-hydrogen) atoms. The molecule has 0 saturated heterocycles. The van der Waals surface area contributed by atoms with E-state index in [1.54, 1.807) is 0 Å². The predicted molar refractivity (Wildman–Crippen MR) is 68.1 cm³/mol. The molecular weight excluding hydrogens is 196 g/mol. The highest BCUT2D eigenvalue weighted by molar-refractivity contribution is 5.31. The molecule has 1 unspecified atom stereocenters. The van der Waals surface area contributed by atoms with E-state index in [4.69, 9.17) is 0 Å². The highest BCUT2D eigenvalue weighted by Crippen LogP contribution is 2.65. The van der Waals surface area contributed by atoms with E-state index in [2.05, 4.69) is 33.4 Å². The van der Waals surface area contributed by atoms with Gasteiger partial charge in [-0.25, -0.2) is 0 Å². The molecule has 2 bridgehead atoms. The Morgan fingerprint density at radius 1 is 1.56 bits per heavy atom. The normalized spacial score (nSPS) is 42.9. The molecule has 0 aromatic carbocycles. The molecule has 0 spiro atoms. The Balaban J connectivity index is 2.35. The smallest absolute Gasteiger partial charge is 0.0926 e. The number of fused-ring (bicyclic) bond motifs is 2. The van der Waals surface area contributed by atoms with Gasteiger partial charge in [-0.05, 0) is 49.5 Å². The largest absolute Gasteiger partial charge is 0.385 e. The molecule has 90 valence electrons. The Kier molecular flexibility index (Phi) is 2.58. The van der Waals surface area contributed by atoms with Gasteiger partial charge in [-0.15, -0.1) is 6.58 Å². The third-order valence-corrected chi connectivity index (χ3v) is 4.99. The Morgan fingerprint density at radius 3 is 2.62 bits per heavy atom. The van der Waals surface area contributed by atoms with E-state index >= 15 is 0 Å². The van der Waals surface area contributed by atoms with E-state index in [9.17, 15) is 5.11 Å². The Hall–Kier alpha value is -0.560. The molecule has 3 rings (SSSR count). The Morgan fingerprint density at radius 2 is 2.19 bits per heavy atom. The van der Waals surface area contributed by atoms with Crippen LogP contribution in [0.25, 0.3) is 0 Å². The van der Waals surface area contributed by atoms with Crippen LogP contribution in [0.2, 0.25) is 0 Å². The predicted octanol–water partition coefficient (Wildman–Crippen LogP) is 3.70. The molecule has 0 aromatic heterocycles. The van der Waals surface area contributed by atoms with E-state index in [0.29, 0.717) is 11.3 Å². The second-order valence-corrected chi connectivity index (χ2v) is 6.38. The summed E-state index contributed by atoms with van der Waals surface area (Å²) in [6.07, 6.45) is 5.11. The second kappa shape index (κ2) is 3.46. The van der Waals surface area contributed by atoms with Crippen molar-refractivity contribution >= 4 is 0 Å². The molecule has 3 aliphatic carbocycles. The lowest BCUT2D eigenvalue weighted by molar-refractivity contribution is -0.168. The van der Waals surface area contributed by atoms with Gasteiger partial charge >= 0.3 is 0 Å². The van der Waals surface area contributed by atoms with Crippen molar-refractivity contribution in [3.63, 3.8) is 0 Å². The van der Waals surface area contributed by atoms with E-state index in [1.807, 2.05) is 6.92 Å². The summed E-state index contributed by atoms with van der Waals surface area (Å²) < 4.78 is 0. The van der Waals surface area contributed by atoms with Gasteiger partial charge in [0.25, 0.3) is 0 Å². The first-order valence-electron chi connectivity index (χ1n) is 6.34. The lowest BCUT2D eigenvalue weighted by Crippen LogP contribution is -2.62. The standard InChI is InChI=1S/C15H24O/c1-6-11-7-12-8-13(14(12,4)5)15(11,16)9-10(2)3/h6,12-13,16H,2,7-9H2,1,3-5H3/b11-6+/t12-,13?,15+/m0/s1. The van der Waals surface area contributed by atoms with Crippen LogP contribution >= 0.6 is 0 Å². The van der Waals surface area contributed by atoms with Crippen LogP contribution in [0.5, 0.6) is 0 Å². The van der Waals surface area contributed by atoms with Crippen LogP contribution in [0.1, 0.15) is 47.0 Å². The fourth-order valence-electron chi connectivity index (χ4n) is 3.90. The van der Waals surface area contributed by atoms with Crippen LogP contribution in [0, 0.1) is 17.3 Å². The van der Waals surface area contributed by atoms with Crippen LogP contribution < -0.4 is 0 Å². The maximum absolute atomic E-state index is 11.0. The Bertz CT molecular complexity index is 350. The van der Waals surface area contributed by atoms with Gasteiger partial charge in [-0.2, -0.15) is 0 Å². The zero-order valence-corrected chi connectivity index (χ0v) is 11.0. The number of hydrogen-bond acceptors (Lipinski definition) is 1. The number of rotatable bonds is 2. The molecular formula is C15H24O. The molecule has 0 heterocycles. The summed E-state index contributed by atoms with van der Waals surface area (Å²) in [6.45, 7) is 12.7. The minimum atomic E-state index is -0.612. The van der Waals surface area contributed by atoms with E-state index in [1.165, 1.54) is 12.0 Å². The Labute approximate surface area is 99.3 Å². The average molecular weight is 220 g/mol. The van der Waals surface area contributed by atoms with Gasteiger partial charge in [0.1, 0.15) is 0 Å². The molecule has 0 aromatic rings. The lowest BCUT2D eigenvalue weighted by atomic mass is 9.42. The summed E-state index contributed by atoms with van der Waals surface area (Å²) in [4.78, 5) is 0. The van der Waals surface area contributed by atoms with Crippen molar-refractivity contribution in [2.45, 2.75) is 52.6 Å². The summed E-state index contributed by atoms with van der Waals surface area (Å²) >= 11 is 0. The van der Waals surface area contributed by atoms with Gasteiger partial charge in [-0.1, -0.05) is 25.5 Å². The number of allylic oxidation sites excluding steroid dienone is 1. The summed E-state index contributed by atoms with van der Waals surface area (Å²) in [5.41, 5.74) is 2.02. The van der Waals surface area contributed by atoms with Crippen molar-refractivity contribution in [2.75, 3.05) is 0 Å². The van der Waals surface area contributed by atoms with E-state index in [0.717, 1.165) is 24.3 Å². The van der Waals surface area contributed by atoms with Gasteiger partial charge in [0.2, 0.25) is 0 Å². The third-order valence-electron chi connectivity index (χ3n) is 4.99. The molecule has 0 aliphatic heterocycles. The molecule has 1 heteroatoms. The minimum Gasteiger partial charge on any atom is -0.385 e. The van der Waals surface area contributed by atoms with E-state index in [-0.39, 0.29) is 0 Å². The van der Waals surface area contributed by atoms with Gasteiger partial charge in [-0.3, -0.25) is 0 Å². The second-order valence-electron chi connectivity index (χ2n) is 6.38. The SMILES string of the molecule is C=C(C)C[C@@]1(O)/C(=C/C)C[C@H]2CC1C2(C)C. The summed E-state index contributed by atoms with van der Waals surface area (Å²) in [7, 11) is 0. The quantitative estimate of drug-likeness (QED) is 0.704.